The van der Waals surface area contributed by atoms with Gasteiger partial charge in [-0.2, -0.15) is 0 Å². The van der Waals surface area contributed by atoms with Crippen LogP contribution in [0.4, 0.5) is 11.4 Å². The first-order valence-corrected chi connectivity index (χ1v) is 12.8. The highest BCUT2D eigenvalue weighted by molar-refractivity contribution is 6.02. The number of hydrogen-bond donors (Lipinski definition) is 2. The monoisotopic (exact) mass is 501 g/mol. The molecule has 3 aromatic carbocycles. The molecule has 0 bridgehead atoms. The number of methoxy groups -OCH3 is 1. The van der Waals surface area contributed by atoms with E-state index in [1.54, 1.807) is 25.3 Å². The van der Waals surface area contributed by atoms with Crippen LogP contribution in [0.25, 0.3) is 0 Å². The Kier molecular flexibility index (Phi) is 9.54. The number of anilines is 2. The number of hydrogen-bond acceptors (Lipinski definition) is 5. The van der Waals surface area contributed by atoms with Gasteiger partial charge in [0.1, 0.15) is 5.75 Å². The van der Waals surface area contributed by atoms with Gasteiger partial charge in [0, 0.05) is 38.1 Å². The fourth-order valence-electron chi connectivity index (χ4n) is 4.62. The van der Waals surface area contributed by atoms with Crippen molar-refractivity contribution in [3.05, 3.63) is 90.0 Å². The Morgan fingerprint density at radius 2 is 1.65 bits per heavy atom. The van der Waals surface area contributed by atoms with Crippen molar-refractivity contribution in [1.29, 1.82) is 0 Å². The zero-order valence-corrected chi connectivity index (χ0v) is 21.3. The average molecular weight is 502 g/mol. The SMILES string of the molecule is COCCNC(=O)c1cc(NC(=O)COc2ccccc2)ccc1N1CCC(Cc2ccccc2)CC1. The van der Waals surface area contributed by atoms with E-state index in [9.17, 15) is 9.59 Å². The Hall–Kier alpha value is -3.84. The molecule has 1 heterocycles. The molecule has 2 N–H and O–H groups in total. The first kappa shape index (κ1) is 26.2. The Balaban J connectivity index is 1.42. The smallest absolute Gasteiger partial charge is 0.262 e. The van der Waals surface area contributed by atoms with Gasteiger partial charge in [-0.3, -0.25) is 9.59 Å². The summed E-state index contributed by atoms with van der Waals surface area (Å²) in [6.07, 6.45) is 3.21. The first-order chi connectivity index (χ1) is 18.1. The standard InChI is InChI=1S/C30H35N3O4/c1-36-19-16-31-30(35)27-21-25(32-29(34)22-37-26-10-6-3-7-11-26)12-13-28(27)33-17-14-24(15-18-33)20-23-8-4-2-5-9-23/h2-13,21,24H,14-20,22H2,1H3,(H,31,35)(H,32,34). The number of carbonyl (C=O) groups excluding carboxylic acids is 2. The van der Waals surface area contributed by atoms with Crippen molar-refractivity contribution in [2.24, 2.45) is 5.92 Å². The van der Waals surface area contributed by atoms with E-state index >= 15 is 0 Å². The van der Waals surface area contributed by atoms with Gasteiger partial charge in [-0.25, -0.2) is 0 Å². The van der Waals surface area contributed by atoms with Crippen LogP contribution in [0.15, 0.2) is 78.9 Å². The van der Waals surface area contributed by atoms with Crippen molar-refractivity contribution in [3.8, 4) is 5.75 Å². The predicted molar refractivity (Wildman–Crippen MR) is 146 cm³/mol. The van der Waals surface area contributed by atoms with Crippen molar-refractivity contribution >= 4 is 23.2 Å². The van der Waals surface area contributed by atoms with Crippen LogP contribution in [0, 0.1) is 5.92 Å². The maximum absolute atomic E-state index is 13.1. The third-order valence-electron chi connectivity index (χ3n) is 6.55. The summed E-state index contributed by atoms with van der Waals surface area (Å²) in [6, 6.07) is 25.3. The second-order valence-electron chi connectivity index (χ2n) is 9.25. The predicted octanol–water partition coefficient (Wildman–Crippen LogP) is 4.54. The highest BCUT2D eigenvalue weighted by Crippen LogP contribution is 2.30. The molecule has 1 fully saturated rings. The second kappa shape index (κ2) is 13.5. The quantitative estimate of drug-likeness (QED) is 0.377. The molecule has 0 atom stereocenters. The Bertz CT molecular complexity index is 1150. The van der Waals surface area contributed by atoms with Crippen LogP contribution in [0.1, 0.15) is 28.8 Å². The van der Waals surface area contributed by atoms with E-state index in [-0.39, 0.29) is 18.4 Å². The summed E-state index contributed by atoms with van der Waals surface area (Å²) >= 11 is 0. The van der Waals surface area contributed by atoms with Crippen LogP contribution in [-0.2, 0) is 16.0 Å². The summed E-state index contributed by atoms with van der Waals surface area (Å²) in [5.74, 6) is 0.779. The van der Waals surface area contributed by atoms with Crippen LogP contribution in [0.2, 0.25) is 0 Å². The lowest BCUT2D eigenvalue weighted by atomic mass is 9.89. The normalized spacial score (nSPS) is 13.7. The summed E-state index contributed by atoms with van der Waals surface area (Å²) < 4.78 is 10.6. The van der Waals surface area contributed by atoms with Gasteiger partial charge in [0.05, 0.1) is 12.2 Å². The molecule has 0 aliphatic carbocycles. The van der Waals surface area contributed by atoms with E-state index in [1.807, 2.05) is 36.4 Å². The third-order valence-corrected chi connectivity index (χ3v) is 6.55. The largest absolute Gasteiger partial charge is 0.484 e. The minimum absolute atomic E-state index is 0.115. The zero-order chi connectivity index (χ0) is 25.9. The van der Waals surface area contributed by atoms with Crippen LogP contribution in [0.5, 0.6) is 5.75 Å². The van der Waals surface area contributed by atoms with Crippen molar-refractivity contribution in [2.45, 2.75) is 19.3 Å². The molecule has 0 unspecified atom stereocenters. The van der Waals surface area contributed by atoms with Crippen LogP contribution < -0.4 is 20.3 Å². The Labute approximate surface area is 218 Å². The van der Waals surface area contributed by atoms with E-state index in [0.717, 1.165) is 38.0 Å². The molecule has 0 spiro atoms. The average Bonchev–Trinajstić information content (AvgIpc) is 2.94. The molecule has 7 nitrogen and oxygen atoms in total. The van der Waals surface area contributed by atoms with Crippen LogP contribution in [-0.4, -0.2) is 51.8 Å². The summed E-state index contributed by atoms with van der Waals surface area (Å²) in [5.41, 5.74) is 3.35. The number of benzene rings is 3. The minimum atomic E-state index is -0.288. The van der Waals surface area contributed by atoms with Crippen LogP contribution >= 0.6 is 0 Å². The molecule has 1 aliphatic rings. The first-order valence-electron chi connectivity index (χ1n) is 12.8. The molecule has 0 aromatic heterocycles. The molecule has 0 radical (unpaired) electrons. The van der Waals surface area contributed by atoms with Gasteiger partial charge in [0.15, 0.2) is 6.61 Å². The molecule has 37 heavy (non-hydrogen) atoms. The van der Waals surface area contributed by atoms with Gasteiger partial charge < -0.3 is 25.0 Å². The summed E-state index contributed by atoms with van der Waals surface area (Å²) in [4.78, 5) is 27.9. The fraction of sp³-hybridized carbons (Fsp3) is 0.333. The zero-order valence-electron chi connectivity index (χ0n) is 21.3. The van der Waals surface area contributed by atoms with Gasteiger partial charge in [0.25, 0.3) is 11.8 Å². The van der Waals surface area contributed by atoms with Crippen molar-refractivity contribution in [3.63, 3.8) is 0 Å². The van der Waals surface area contributed by atoms with Gasteiger partial charge in [0.2, 0.25) is 0 Å². The maximum Gasteiger partial charge on any atom is 0.262 e. The van der Waals surface area contributed by atoms with Gasteiger partial charge in [-0.1, -0.05) is 48.5 Å². The molecule has 0 saturated carbocycles. The second-order valence-corrected chi connectivity index (χ2v) is 9.25. The van der Waals surface area contributed by atoms with E-state index in [0.29, 0.717) is 36.1 Å². The topological polar surface area (TPSA) is 79.9 Å². The number of nitrogens with zero attached hydrogens (tertiary/aromatic N) is 1. The highest BCUT2D eigenvalue weighted by Gasteiger charge is 2.24. The summed E-state index contributed by atoms with van der Waals surface area (Å²) in [6.45, 7) is 2.49. The molecule has 2 amide bonds. The third kappa shape index (κ3) is 7.82. The number of rotatable bonds is 11. The van der Waals surface area contributed by atoms with E-state index in [2.05, 4.69) is 39.8 Å². The minimum Gasteiger partial charge on any atom is -0.484 e. The molecule has 1 saturated heterocycles. The number of nitrogens with one attached hydrogen (secondary N) is 2. The fourth-order valence-corrected chi connectivity index (χ4v) is 4.62. The molecule has 4 rings (SSSR count). The lowest BCUT2D eigenvalue weighted by Gasteiger charge is -2.35. The van der Waals surface area contributed by atoms with Crippen molar-refractivity contribution in [2.75, 3.05) is 50.2 Å². The molecule has 1 aliphatic heterocycles. The molecule has 194 valence electrons. The van der Waals surface area contributed by atoms with Gasteiger partial charge in [-0.15, -0.1) is 0 Å². The molecule has 3 aromatic rings. The maximum atomic E-state index is 13.1. The number of amides is 2. The molecule has 7 heteroatoms. The number of carbonyl (C=O) groups is 2. The number of para-hydroxylation sites is 1. The van der Waals surface area contributed by atoms with Crippen LogP contribution in [0.3, 0.4) is 0 Å². The van der Waals surface area contributed by atoms with Gasteiger partial charge >= 0.3 is 0 Å². The van der Waals surface area contributed by atoms with E-state index < -0.39 is 0 Å². The summed E-state index contributed by atoms with van der Waals surface area (Å²) in [5, 5.41) is 5.77. The Morgan fingerprint density at radius 3 is 2.35 bits per heavy atom. The lowest BCUT2D eigenvalue weighted by molar-refractivity contribution is -0.118. The van der Waals surface area contributed by atoms with E-state index in [4.69, 9.17) is 9.47 Å². The van der Waals surface area contributed by atoms with E-state index in [1.165, 1.54) is 5.56 Å². The number of ether oxygens (including phenoxy) is 2. The van der Waals surface area contributed by atoms with Gasteiger partial charge in [-0.05, 0) is 61.1 Å². The highest BCUT2D eigenvalue weighted by atomic mass is 16.5. The Morgan fingerprint density at radius 1 is 0.946 bits per heavy atom. The molecular formula is C30H35N3O4. The van der Waals surface area contributed by atoms with Crippen molar-refractivity contribution in [1.82, 2.24) is 5.32 Å². The lowest BCUT2D eigenvalue weighted by Crippen LogP contribution is -2.36. The molecular weight excluding hydrogens is 466 g/mol. The van der Waals surface area contributed by atoms with Crippen molar-refractivity contribution < 1.29 is 19.1 Å². The summed E-state index contributed by atoms with van der Waals surface area (Å²) in [7, 11) is 1.60. The number of piperidine rings is 1.